The van der Waals surface area contributed by atoms with E-state index in [9.17, 15) is 9.90 Å². The van der Waals surface area contributed by atoms with Crippen molar-refractivity contribution in [3.8, 4) is 0 Å². The number of aliphatic hydroxyl groups excluding tert-OH is 1. The zero-order valence-electron chi connectivity index (χ0n) is 9.83. The number of benzene rings is 1. The number of hydrogen-bond donors (Lipinski definition) is 2. The summed E-state index contributed by atoms with van der Waals surface area (Å²) < 4.78 is 0.695. The van der Waals surface area contributed by atoms with Crippen LogP contribution < -0.4 is 5.32 Å². The van der Waals surface area contributed by atoms with Gasteiger partial charge in [0.15, 0.2) is 0 Å². The van der Waals surface area contributed by atoms with Gasteiger partial charge >= 0.3 is 0 Å². The van der Waals surface area contributed by atoms with Crippen LogP contribution in [-0.2, 0) is 0 Å². The minimum absolute atomic E-state index is 0.138. The predicted molar refractivity (Wildman–Crippen MR) is 74.9 cm³/mol. The summed E-state index contributed by atoms with van der Waals surface area (Å²) in [5, 5.41) is 13.3. The van der Waals surface area contributed by atoms with Gasteiger partial charge in [-0.1, -0.05) is 24.4 Å². The first-order chi connectivity index (χ1) is 8.58. The molecule has 0 unspecified atom stereocenters. The minimum Gasteiger partial charge on any atom is -0.391 e. The average molecular weight is 333 g/mol. The molecule has 1 saturated carbocycles. The zero-order chi connectivity index (χ0) is 13.1. The molecule has 0 radical (unpaired) electrons. The molecule has 0 spiro atoms. The molecule has 1 aliphatic carbocycles. The predicted octanol–water partition coefficient (Wildman–Crippen LogP) is 3.14. The molecule has 1 aliphatic rings. The van der Waals surface area contributed by atoms with Crippen LogP contribution in [0.2, 0.25) is 5.02 Å². The second-order valence-electron chi connectivity index (χ2n) is 4.56. The Morgan fingerprint density at radius 2 is 2.11 bits per heavy atom. The zero-order valence-corrected chi connectivity index (χ0v) is 12.2. The Balaban J connectivity index is 2.04. The van der Waals surface area contributed by atoms with Gasteiger partial charge in [0.2, 0.25) is 0 Å². The van der Waals surface area contributed by atoms with Crippen molar-refractivity contribution < 1.29 is 9.90 Å². The van der Waals surface area contributed by atoms with E-state index >= 15 is 0 Å². The van der Waals surface area contributed by atoms with Crippen molar-refractivity contribution in [3.63, 3.8) is 0 Å². The fraction of sp³-hybridized carbons (Fsp3) is 0.462. The third-order valence-electron chi connectivity index (χ3n) is 3.23. The summed E-state index contributed by atoms with van der Waals surface area (Å²) in [5.41, 5.74) is 0.545. The van der Waals surface area contributed by atoms with Gasteiger partial charge in [-0.3, -0.25) is 4.79 Å². The largest absolute Gasteiger partial charge is 0.391 e. The van der Waals surface area contributed by atoms with Crippen molar-refractivity contribution in [1.29, 1.82) is 0 Å². The molecule has 1 aromatic rings. The number of halogens is 2. The normalized spacial score (nSPS) is 23.7. The lowest BCUT2D eigenvalue weighted by atomic mass is 9.92. The number of aliphatic hydroxyl groups is 1. The minimum atomic E-state index is -0.432. The molecular weight excluding hydrogens is 318 g/mol. The first kappa shape index (κ1) is 13.8. The maximum atomic E-state index is 12.0. The van der Waals surface area contributed by atoms with Crippen LogP contribution in [0.5, 0.6) is 0 Å². The molecule has 0 aliphatic heterocycles. The van der Waals surface area contributed by atoms with E-state index in [1.165, 1.54) is 0 Å². The van der Waals surface area contributed by atoms with Crippen LogP contribution in [0.25, 0.3) is 0 Å². The van der Waals surface area contributed by atoms with Gasteiger partial charge in [-0.25, -0.2) is 0 Å². The van der Waals surface area contributed by atoms with Crippen LogP contribution in [0.4, 0.5) is 0 Å². The maximum Gasteiger partial charge on any atom is 0.251 e. The van der Waals surface area contributed by atoms with Crippen molar-refractivity contribution in [2.45, 2.75) is 37.8 Å². The summed E-state index contributed by atoms with van der Waals surface area (Å²) in [4.78, 5) is 12.0. The van der Waals surface area contributed by atoms with E-state index in [0.717, 1.165) is 25.7 Å². The van der Waals surface area contributed by atoms with Crippen molar-refractivity contribution in [3.05, 3.63) is 33.3 Å². The number of rotatable bonds is 2. The Bertz CT molecular complexity index is 453. The van der Waals surface area contributed by atoms with E-state index in [2.05, 4.69) is 21.2 Å². The Morgan fingerprint density at radius 3 is 2.78 bits per heavy atom. The lowest BCUT2D eigenvalue weighted by molar-refractivity contribution is 0.0717. The van der Waals surface area contributed by atoms with Crippen molar-refractivity contribution in [1.82, 2.24) is 5.32 Å². The monoisotopic (exact) mass is 331 g/mol. The number of nitrogens with one attached hydrogen (secondary N) is 1. The molecule has 5 heteroatoms. The topological polar surface area (TPSA) is 49.3 Å². The maximum absolute atomic E-state index is 12.0. The summed E-state index contributed by atoms with van der Waals surface area (Å²) in [6.07, 6.45) is 3.24. The fourth-order valence-electron chi connectivity index (χ4n) is 2.17. The molecule has 2 N–H and O–H groups in total. The highest BCUT2D eigenvalue weighted by molar-refractivity contribution is 9.10. The molecule has 1 aromatic carbocycles. The lowest BCUT2D eigenvalue weighted by Gasteiger charge is -2.28. The Kier molecular flexibility index (Phi) is 4.65. The highest BCUT2D eigenvalue weighted by Gasteiger charge is 2.24. The number of hydrogen-bond acceptors (Lipinski definition) is 2. The smallest absolute Gasteiger partial charge is 0.251 e. The molecule has 1 amide bonds. The van der Waals surface area contributed by atoms with Gasteiger partial charge in [0.1, 0.15) is 0 Å². The number of carbonyl (C=O) groups is 1. The molecular formula is C13H15BrClNO2. The molecule has 2 atom stereocenters. The van der Waals surface area contributed by atoms with Crippen LogP contribution in [0, 0.1) is 0 Å². The SMILES string of the molecule is O=C(N[C@@H]1CCCC[C@H]1O)c1ccc(Cl)c(Br)c1. The van der Waals surface area contributed by atoms with E-state index in [-0.39, 0.29) is 11.9 Å². The molecule has 0 bridgehead atoms. The summed E-state index contributed by atoms with van der Waals surface area (Å²) >= 11 is 9.17. The van der Waals surface area contributed by atoms with Crippen LogP contribution >= 0.6 is 27.5 Å². The number of carbonyl (C=O) groups excluding carboxylic acids is 1. The van der Waals surface area contributed by atoms with E-state index in [1.807, 2.05) is 0 Å². The third kappa shape index (κ3) is 3.25. The molecule has 0 saturated heterocycles. The van der Waals surface area contributed by atoms with Gasteiger partial charge < -0.3 is 10.4 Å². The first-order valence-electron chi connectivity index (χ1n) is 6.02. The van der Waals surface area contributed by atoms with E-state index in [0.29, 0.717) is 15.1 Å². The van der Waals surface area contributed by atoms with Crippen LogP contribution in [0.3, 0.4) is 0 Å². The molecule has 2 rings (SSSR count). The lowest BCUT2D eigenvalue weighted by Crippen LogP contribution is -2.45. The average Bonchev–Trinajstić information content (AvgIpc) is 2.35. The Hall–Kier alpha value is -0.580. The first-order valence-corrected chi connectivity index (χ1v) is 7.19. The molecule has 0 aromatic heterocycles. The van der Waals surface area contributed by atoms with Crippen LogP contribution in [0.1, 0.15) is 36.0 Å². The van der Waals surface area contributed by atoms with E-state index in [1.54, 1.807) is 18.2 Å². The third-order valence-corrected chi connectivity index (χ3v) is 4.44. The van der Waals surface area contributed by atoms with Gasteiger partial charge in [0.05, 0.1) is 17.2 Å². The molecule has 1 fully saturated rings. The van der Waals surface area contributed by atoms with Crippen molar-refractivity contribution in [2.75, 3.05) is 0 Å². The number of amides is 1. The standard InChI is InChI=1S/C13H15BrClNO2/c14-9-7-8(5-6-10(9)15)13(18)16-11-3-1-2-4-12(11)17/h5-7,11-12,17H,1-4H2,(H,16,18)/t11-,12-/m1/s1. The van der Waals surface area contributed by atoms with E-state index in [4.69, 9.17) is 11.6 Å². The van der Waals surface area contributed by atoms with E-state index < -0.39 is 6.10 Å². The van der Waals surface area contributed by atoms with Gasteiger partial charge in [0.25, 0.3) is 5.91 Å². The quantitative estimate of drug-likeness (QED) is 0.874. The van der Waals surface area contributed by atoms with Crippen molar-refractivity contribution >= 4 is 33.4 Å². The highest BCUT2D eigenvalue weighted by atomic mass is 79.9. The van der Waals surface area contributed by atoms with Gasteiger partial charge in [-0.2, -0.15) is 0 Å². The second kappa shape index (κ2) is 6.04. The summed E-state index contributed by atoms with van der Waals surface area (Å²) in [7, 11) is 0. The Labute approximate surface area is 120 Å². The Morgan fingerprint density at radius 1 is 1.39 bits per heavy atom. The molecule has 3 nitrogen and oxygen atoms in total. The van der Waals surface area contributed by atoms with Gasteiger partial charge in [-0.15, -0.1) is 0 Å². The second-order valence-corrected chi connectivity index (χ2v) is 5.82. The summed E-state index contributed by atoms with van der Waals surface area (Å²) in [6, 6.07) is 4.91. The fourth-order valence-corrected chi connectivity index (χ4v) is 2.67. The molecule has 18 heavy (non-hydrogen) atoms. The van der Waals surface area contributed by atoms with Crippen LogP contribution in [-0.4, -0.2) is 23.2 Å². The summed E-state index contributed by atoms with van der Waals surface area (Å²) in [6.45, 7) is 0. The molecule has 0 heterocycles. The highest BCUT2D eigenvalue weighted by Crippen LogP contribution is 2.24. The van der Waals surface area contributed by atoms with Crippen molar-refractivity contribution in [2.24, 2.45) is 0 Å². The summed E-state index contributed by atoms with van der Waals surface area (Å²) in [5.74, 6) is -0.168. The van der Waals surface area contributed by atoms with Gasteiger partial charge in [0, 0.05) is 10.0 Å². The van der Waals surface area contributed by atoms with Gasteiger partial charge in [-0.05, 0) is 47.0 Å². The molecule has 98 valence electrons. The van der Waals surface area contributed by atoms with Crippen LogP contribution in [0.15, 0.2) is 22.7 Å².